The Morgan fingerprint density at radius 3 is 2.60 bits per heavy atom. The summed E-state index contributed by atoms with van der Waals surface area (Å²) < 4.78 is 7.07. The molecule has 180 valence electrons. The zero-order chi connectivity index (χ0) is 24.0. The third kappa shape index (κ3) is 2.83. The van der Waals surface area contributed by atoms with Gasteiger partial charge in [0.25, 0.3) is 5.91 Å². The molecule has 3 aromatic heterocycles. The maximum Gasteiger partial charge on any atom is 0.273 e. The minimum absolute atomic E-state index is 0.0921. The lowest BCUT2D eigenvalue weighted by Gasteiger charge is -2.55. The third-order valence-corrected chi connectivity index (χ3v) is 8.13. The lowest BCUT2D eigenvalue weighted by atomic mass is 9.78. The molecule has 4 aliphatic rings. The molecular formula is C23H25N9O3. The first-order valence-corrected chi connectivity index (χ1v) is 11.7. The van der Waals surface area contributed by atoms with Crippen molar-refractivity contribution < 1.29 is 14.3 Å². The van der Waals surface area contributed by atoms with Crippen molar-refractivity contribution in [3.05, 3.63) is 35.8 Å². The van der Waals surface area contributed by atoms with Crippen molar-refractivity contribution >= 4 is 34.8 Å². The summed E-state index contributed by atoms with van der Waals surface area (Å²) in [6, 6.07) is 5.63. The minimum atomic E-state index is -0.820. The van der Waals surface area contributed by atoms with Gasteiger partial charge < -0.3 is 26.0 Å². The van der Waals surface area contributed by atoms with Crippen LogP contribution in [0.5, 0.6) is 0 Å². The number of primary amides is 1. The van der Waals surface area contributed by atoms with Crippen LogP contribution in [-0.4, -0.2) is 70.0 Å². The Balaban J connectivity index is 1.20. The van der Waals surface area contributed by atoms with Crippen LogP contribution in [0.1, 0.15) is 35.4 Å². The number of nitrogens with two attached hydrogens (primary N) is 1. The molecule has 2 amide bonds. The van der Waals surface area contributed by atoms with E-state index in [0.717, 1.165) is 44.8 Å². The molecule has 2 saturated carbocycles. The molecule has 3 aromatic rings. The largest absolute Gasteiger partial charge is 0.380 e. The molecule has 0 bridgehead atoms. The van der Waals surface area contributed by atoms with Crippen molar-refractivity contribution in [3.63, 3.8) is 0 Å². The van der Waals surface area contributed by atoms with Crippen LogP contribution in [0.25, 0.3) is 5.65 Å². The fourth-order valence-electron chi connectivity index (χ4n) is 5.79. The summed E-state index contributed by atoms with van der Waals surface area (Å²) in [6.07, 6.45) is 4.50. The lowest BCUT2D eigenvalue weighted by Crippen LogP contribution is -2.66. The Morgan fingerprint density at radius 1 is 1.17 bits per heavy atom. The maximum absolute atomic E-state index is 12.5. The fraction of sp³-hybridized carbons (Fsp3) is 0.478. The van der Waals surface area contributed by atoms with E-state index in [1.54, 1.807) is 10.6 Å². The van der Waals surface area contributed by atoms with Crippen molar-refractivity contribution in [1.29, 1.82) is 0 Å². The van der Waals surface area contributed by atoms with E-state index in [2.05, 4.69) is 35.8 Å². The molecule has 1 atom stereocenters. The molecule has 2 saturated heterocycles. The van der Waals surface area contributed by atoms with Gasteiger partial charge >= 0.3 is 0 Å². The first-order valence-electron chi connectivity index (χ1n) is 11.7. The number of rotatable bonds is 6. The summed E-state index contributed by atoms with van der Waals surface area (Å²) in [6.45, 7) is 3.61. The van der Waals surface area contributed by atoms with Crippen molar-refractivity contribution in [2.45, 2.75) is 24.7 Å². The standard InChI is InChI=1S/C23H25N9O3/c1-25-18(33)17-14(6-15(28-29-17)23(19(24)34)8-22(23)4-5-22)26-20-27-16-3-2-13(7-32(16)30-20)31-9-21(10-31)11-35-12-21/h2-3,6-7H,4-5,8-12H2,1H3,(H2,24,34)(H,25,33)(H,26,28,30)/t23-/m1/s1. The van der Waals surface area contributed by atoms with E-state index in [0.29, 0.717) is 34.8 Å². The van der Waals surface area contributed by atoms with Gasteiger partial charge in [-0.3, -0.25) is 9.59 Å². The molecule has 0 unspecified atom stereocenters. The highest BCUT2D eigenvalue weighted by molar-refractivity contribution is 5.98. The number of aromatic nitrogens is 5. The maximum atomic E-state index is 12.5. The van der Waals surface area contributed by atoms with E-state index in [1.807, 2.05) is 18.3 Å². The van der Waals surface area contributed by atoms with Crippen LogP contribution >= 0.6 is 0 Å². The molecule has 4 N–H and O–H groups in total. The minimum Gasteiger partial charge on any atom is -0.380 e. The smallest absolute Gasteiger partial charge is 0.273 e. The molecule has 5 heterocycles. The molecular weight excluding hydrogens is 450 g/mol. The van der Waals surface area contributed by atoms with E-state index in [4.69, 9.17) is 10.5 Å². The van der Waals surface area contributed by atoms with Gasteiger partial charge in [-0.15, -0.1) is 10.2 Å². The highest BCUT2D eigenvalue weighted by atomic mass is 16.5. The molecule has 4 fully saturated rings. The highest BCUT2D eigenvalue weighted by Gasteiger charge is 2.78. The Labute approximate surface area is 200 Å². The van der Waals surface area contributed by atoms with E-state index in [1.165, 1.54) is 7.05 Å². The van der Waals surface area contributed by atoms with Gasteiger partial charge in [0.15, 0.2) is 11.3 Å². The zero-order valence-corrected chi connectivity index (χ0v) is 19.2. The number of anilines is 3. The number of carbonyl (C=O) groups excluding carboxylic acids is 2. The Morgan fingerprint density at radius 2 is 1.97 bits per heavy atom. The summed E-state index contributed by atoms with van der Waals surface area (Å²) in [4.78, 5) is 31.7. The Hall–Kier alpha value is -3.80. The van der Waals surface area contributed by atoms with Crippen molar-refractivity contribution in [3.8, 4) is 0 Å². The van der Waals surface area contributed by atoms with Crippen LogP contribution < -0.4 is 21.3 Å². The average molecular weight is 476 g/mol. The van der Waals surface area contributed by atoms with Crippen molar-refractivity contribution in [2.75, 3.05) is 43.6 Å². The van der Waals surface area contributed by atoms with Crippen LogP contribution in [0, 0.1) is 10.8 Å². The topological polar surface area (TPSA) is 153 Å². The second-order valence-electron chi connectivity index (χ2n) is 10.4. The molecule has 12 heteroatoms. The van der Waals surface area contributed by atoms with E-state index < -0.39 is 17.2 Å². The molecule has 0 radical (unpaired) electrons. The van der Waals surface area contributed by atoms with Gasteiger partial charge in [-0.2, -0.15) is 10.1 Å². The van der Waals surface area contributed by atoms with Crippen LogP contribution in [0.15, 0.2) is 24.4 Å². The number of nitrogens with zero attached hydrogens (tertiary/aromatic N) is 6. The number of hydrogen-bond acceptors (Lipinski definition) is 9. The molecule has 2 spiro atoms. The molecule has 35 heavy (non-hydrogen) atoms. The second-order valence-corrected chi connectivity index (χ2v) is 10.4. The third-order valence-electron chi connectivity index (χ3n) is 8.13. The van der Waals surface area contributed by atoms with Gasteiger partial charge in [0.05, 0.1) is 47.3 Å². The summed E-state index contributed by atoms with van der Waals surface area (Å²) in [7, 11) is 1.52. The van der Waals surface area contributed by atoms with Gasteiger partial charge in [-0.05, 0) is 42.9 Å². The summed E-state index contributed by atoms with van der Waals surface area (Å²) in [5, 5.41) is 18.7. The Bertz CT molecular complexity index is 1400. The van der Waals surface area contributed by atoms with Gasteiger partial charge in [0.1, 0.15) is 0 Å². The summed E-state index contributed by atoms with van der Waals surface area (Å²) >= 11 is 0. The van der Waals surface area contributed by atoms with Crippen LogP contribution in [-0.2, 0) is 14.9 Å². The number of amides is 2. The van der Waals surface area contributed by atoms with Crippen LogP contribution in [0.2, 0.25) is 0 Å². The van der Waals surface area contributed by atoms with Gasteiger partial charge in [0.2, 0.25) is 11.9 Å². The molecule has 0 aromatic carbocycles. The van der Waals surface area contributed by atoms with E-state index >= 15 is 0 Å². The SMILES string of the molecule is CNC(=O)c1nnc([C@@]2(C(N)=O)CC23CC3)cc1Nc1nc2ccc(N3CC4(COC4)C3)cn2n1. The highest BCUT2D eigenvalue weighted by Crippen LogP contribution is 2.78. The monoisotopic (exact) mass is 475 g/mol. The van der Waals surface area contributed by atoms with Crippen molar-refractivity contribution in [1.82, 2.24) is 30.1 Å². The van der Waals surface area contributed by atoms with Crippen LogP contribution in [0.3, 0.4) is 0 Å². The summed E-state index contributed by atoms with van der Waals surface area (Å²) in [5.74, 6) is -0.499. The second kappa shape index (κ2) is 6.66. The molecule has 2 aliphatic carbocycles. The van der Waals surface area contributed by atoms with Crippen LogP contribution in [0.4, 0.5) is 17.3 Å². The van der Waals surface area contributed by atoms with Crippen molar-refractivity contribution in [2.24, 2.45) is 16.6 Å². The summed E-state index contributed by atoms with van der Waals surface area (Å²) in [5.41, 5.74) is 7.87. The zero-order valence-electron chi connectivity index (χ0n) is 19.2. The fourth-order valence-corrected chi connectivity index (χ4v) is 5.79. The number of carbonyl (C=O) groups is 2. The first kappa shape index (κ1) is 20.6. The number of fused-ring (bicyclic) bond motifs is 1. The molecule has 2 aliphatic heterocycles. The van der Waals surface area contributed by atoms with E-state index in [-0.39, 0.29) is 11.1 Å². The van der Waals surface area contributed by atoms with Gasteiger partial charge in [-0.25, -0.2) is 4.52 Å². The number of nitrogens with one attached hydrogen (secondary N) is 2. The molecule has 12 nitrogen and oxygen atoms in total. The lowest BCUT2D eigenvalue weighted by molar-refractivity contribution is -0.127. The van der Waals surface area contributed by atoms with Gasteiger partial charge in [0, 0.05) is 20.1 Å². The predicted octanol–water partition coefficient (Wildman–Crippen LogP) is 0.366. The predicted molar refractivity (Wildman–Crippen MR) is 124 cm³/mol. The number of hydrogen-bond donors (Lipinski definition) is 3. The molecule has 7 rings (SSSR count). The average Bonchev–Trinajstić information content (AvgIpc) is 3.67. The van der Waals surface area contributed by atoms with E-state index in [9.17, 15) is 9.59 Å². The first-order chi connectivity index (χ1) is 16.9. The Kier molecular flexibility index (Phi) is 3.91. The number of ether oxygens (including phenoxy) is 1. The quantitative estimate of drug-likeness (QED) is 0.459. The number of pyridine rings is 1. The normalized spacial score (nSPS) is 24.7. The van der Waals surface area contributed by atoms with Gasteiger partial charge in [-0.1, -0.05) is 0 Å².